The lowest BCUT2D eigenvalue weighted by molar-refractivity contribution is -0.138. The van der Waals surface area contributed by atoms with Gasteiger partial charge in [0.1, 0.15) is 22.7 Å². The van der Waals surface area contributed by atoms with Crippen LogP contribution < -0.4 is 10.6 Å². The van der Waals surface area contributed by atoms with Gasteiger partial charge in [0.25, 0.3) is 0 Å². The number of nitrogens with one attached hydrogen (secondary N) is 2. The van der Waals surface area contributed by atoms with Gasteiger partial charge < -0.3 is 40.9 Å². The number of nitrogens with zero attached hydrogens (tertiary/aromatic N) is 2. The molecule has 2 aliphatic rings. The number of hydrogen-bond donors (Lipinski definition) is 6. The molecule has 4 atom stereocenters. The molecule has 12 nitrogen and oxygen atoms in total. The molecule has 2 saturated heterocycles. The van der Waals surface area contributed by atoms with Crippen LogP contribution in [0, 0.1) is 10.8 Å². The van der Waals surface area contributed by atoms with Crippen LogP contribution in [0.15, 0.2) is 0 Å². The number of rotatable bonds is 15. The fraction of sp³-hybridized carbons (Fsp3) is 0.818. The number of carbonyl (C=O) groups excluding carboxylic acids is 4. The Balaban J connectivity index is 2.01. The van der Waals surface area contributed by atoms with Gasteiger partial charge in [-0.2, -0.15) is 0 Å². The molecule has 2 rings (SSSR count). The molecule has 0 aromatic rings. The van der Waals surface area contributed by atoms with Gasteiger partial charge in [0.2, 0.25) is 23.6 Å². The predicted octanol–water partition coefficient (Wildman–Crippen LogP) is -2.22. The molecular weight excluding hydrogens is 512 g/mol. The van der Waals surface area contributed by atoms with Gasteiger partial charge in [-0.3, -0.25) is 19.2 Å². The fourth-order valence-corrected chi connectivity index (χ4v) is 5.61. The SMILES string of the molecule is CC(C)(CO)C(O)C(=O)NCC(SSC(CNC(=O)C(O)C(C)(C)CO)C(=O)N1CC1)C(=O)N1CC1. The van der Waals surface area contributed by atoms with E-state index in [9.17, 15) is 39.6 Å². The summed E-state index contributed by atoms with van der Waals surface area (Å²) in [5.41, 5.74) is -2.12. The third kappa shape index (κ3) is 8.48. The Kier molecular flexibility index (Phi) is 10.9. The zero-order chi connectivity index (χ0) is 27.3. The first-order valence-corrected chi connectivity index (χ1v) is 14.1. The third-order valence-electron chi connectivity index (χ3n) is 6.07. The van der Waals surface area contributed by atoms with Crippen molar-refractivity contribution in [3.05, 3.63) is 0 Å². The molecule has 4 amide bonds. The van der Waals surface area contributed by atoms with E-state index in [2.05, 4.69) is 10.6 Å². The minimum atomic E-state index is -1.47. The maximum Gasteiger partial charge on any atom is 0.249 e. The molecule has 0 saturated carbocycles. The van der Waals surface area contributed by atoms with Gasteiger partial charge >= 0.3 is 0 Å². The normalized spacial score (nSPS) is 18.7. The molecule has 6 N–H and O–H groups in total. The predicted molar refractivity (Wildman–Crippen MR) is 136 cm³/mol. The smallest absolute Gasteiger partial charge is 0.249 e. The van der Waals surface area contributed by atoms with Gasteiger partial charge in [-0.05, 0) is 0 Å². The molecule has 4 unspecified atom stereocenters. The topological polar surface area (TPSA) is 179 Å². The van der Waals surface area contributed by atoms with Crippen molar-refractivity contribution in [1.29, 1.82) is 0 Å². The van der Waals surface area contributed by atoms with Gasteiger partial charge in [0, 0.05) is 50.1 Å². The third-order valence-corrected chi connectivity index (χ3v) is 9.11. The summed E-state index contributed by atoms with van der Waals surface area (Å²) in [7, 11) is 2.19. The maximum absolute atomic E-state index is 12.8. The summed E-state index contributed by atoms with van der Waals surface area (Å²) in [6.45, 7) is 7.55. The second-order valence-electron chi connectivity index (χ2n) is 10.4. The number of amides is 4. The van der Waals surface area contributed by atoms with Gasteiger partial charge in [-0.15, -0.1) is 0 Å². The maximum atomic E-state index is 12.8. The molecule has 0 radical (unpaired) electrons. The second kappa shape index (κ2) is 12.8. The number of aliphatic hydroxyl groups is 4. The van der Waals surface area contributed by atoms with Crippen LogP contribution in [0.5, 0.6) is 0 Å². The Morgan fingerprint density at radius 1 is 0.722 bits per heavy atom. The summed E-state index contributed by atoms with van der Waals surface area (Å²) in [5, 5.41) is 42.8. The molecule has 2 fully saturated rings. The van der Waals surface area contributed by atoms with Crippen LogP contribution in [0.2, 0.25) is 0 Å². The summed E-state index contributed by atoms with van der Waals surface area (Å²) < 4.78 is 0. The Morgan fingerprint density at radius 2 is 1.03 bits per heavy atom. The average molecular weight is 551 g/mol. The molecule has 2 aliphatic heterocycles. The molecule has 14 heteroatoms. The highest BCUT2D eigenvalue weighted by Gasteiger charge is 2.39. The molecule has 36 heavy (non-hydrogen) atoms. The van der Waals surface area contributed by atoms with Crippen LogP contribution in [-0.4, -0.2) is 129 Å². The number of hydrogen-bond acceptors (Lipinski definition) is 10. The van der Waals surface area contributed by atoms with Crippen molar-refractivity contribution in [2.24, 2.45) is 10.8 Å². The molecule has 0 aromatic carbocycles. The molecule has 0 aliphatic carbocycles. The van der Waals surface area contributed by atoms with Gasteiger partial charge in [0.05, 0.1) is 13.2 Å². The Bertz CT molecular complexity index is 754. The van der Waals surface area contributed by atoms with E-state index in [-0.39, 0.29) is 24.9 Å². The first kappa shape index (κ1) is 30.6. The average Bonchev–Trinajstić information content (AvgIpc) is 3.76. The van der Waals surface area contributed by atoms with Crippen LogP contribution in [0.1, 0.15) is 27.7 Å². The van der Waals surface area contributed by atoms with E-state index in [1.165, 1.54) is 27.7 Å². The lowest BCUT2D eigenvalue weighted by atomic mass is 9.87. The van der Waals surface area contributed by atoms with Crippen LogP contribution in [0.25, 0.3) is 0 Å². The van der Waals surface area contributed by atoms with Crippen molar-refractivity contribution >= 4 is 45.2 Å². The van der Waals surface area contributed by atoms with Gasteiger partial charge in [-0.1, -0.05) is 49.3 Å². The monoisotopic (exact) mass is 550 g/mol. The van der Waals surface area contributed by atoms with Crippen LogP contribution in [0.3, 0.4) is 0 Å². The summed E-state index contributed by atoms with van der Waals surface area (Å²) in [6.07, 6.45) is -2.95. The van der Waals surface area contributed by atoms with E-state index in [4.69, 9.17) is 0 Å². The quantitative estimate of drug-likeness (QED) is 0.0966. The van der Waals surface area contributed by atoms with Crippen LogP contribution >= 0.6 is 21.6 Å². The Hall–Kier alpha value is -1.58. The lowest BCUT2D eigenvalue weighted by Gasteiger charge is -2.28. The molecular formula is C22H38N4O8S2. The lowest BCUT2D eigenvalue weighted by Crippen LogP contribution is -2.48. The van der Waals surface area contributed by atoms with Crippen molar-refractivity contribution in [3.8, 4) is 0 Å². The number of carbonyl (C=O) groups is 4. The molecule has 2 heterocycles. The zero-order valence-electron chi connectivity index (χ0n) is 21.1. The molecule has 0 bridgehead atoms. The molecule has 0 spiro atoms. The molecule has 0 aromatic heterocycles. The van der Waals surface area contributed by atoms with E-state index in [0.717, 1.165) is 21.6 Å². The van der Waals surface area contributed by atoms with Crippen LogP contribution in [-0.2, 0) is 19.2 Å². The van der Waals surface area contributed by atoms with Crippen molar-refractivity contribution in [1.82, 2.24) is 20.4 Å². The van der Waals surface area contributed by atoms with Gasteiger partial charge in [-0.25, -0.2) is 0 Å². The summed E-state index contributed by atoms with van der Waals surface area (Å²) >= 11 is 0. The van der Waals surface area contributed by atoms with Gasteiger partial charge in [0.15, 0.2) is 0 Å². The fourth-order valence-electron chi connectivity index (χ4n) is 2.87. The largest absolute Gasteiger partial charge is 0.396 e. The summed E-state index contributed by atoms with van der Waals surface area (Å²) in [4.78, 5) is 53.5. The summed E-state index contributed by atoms with van der Waals surface area (Å²) in [5.74, 6) is -1.86. The second-order valence-corrected chi connectivity index (χ2v) is 13.1. The van der Waals surface area contributed by atoms with Crippen molar-refractivity contribution in [3.63, 3.8) is 0 Å². The standard InChI is InChI=1S/C22H38N4O8S2/c1-21(2,11-27)15(29)17(31)23-9-13(19(33)25-5-6-25)35-36-14(20(34)26-7-8-26)10-24-18(32)16(30)22(3,4)12-28/h13-16,27-30H,5-12H2,1-4H3,(H,23,31)(H,24,32). The molecule has 206 valence electrons. The van der Waals surface area contributed by atoms with Crippen molar-refractivity contribution in [2.75, 3.05) is 52.5 Å². The number of aliphatic hydroxyl groups excluding tert-OH is 4. The minimum absolute atomic E-state index is 0.0925. The highest BCUT2D eigenvalue weighted by atomic mass is 33.1. The van der Waals surface area contributed by atoms with E-state index < -0.39 is 58.6 Å². The van der Waals surface area contributed by atoms with E-state index in [1.807, 2.05) is 0 Å². The minimum Gasteiger partial charge on any atom is -0.396 e. The van der Waals surface area contributed by atoms with E-state index in [1.54, 1.807) is 9.80 Å². The van der Waals surface area contributed by atoms with Crippen LogP contribution in [0.4, 0.5) is 0 Å². The first-order valence-electron chi connectivity index (χ1n) is 11.8. The zero-order valence-corrected chi connectivity index (χ0v) is 22.7. The summed E-state index contributed by atoms with van der Waals surface area (Å²) in [6, 6.07) is 0. The highest BCUT2D eigenvalue weighted by Crippen LogP contribution is 2.34. The van der Waals surface area contributed by atoms with Crippen molar-refractivity contribution in [2.45, 2.75) is 50.4 Å². The Labute approximate surface area is 218 Å². The first-order chi connectivity index (χ1) is 16.7. The highest BCUT2D eigenvalue weighted by molar-refractivity contribution is 8.77. The van der Waals surface area contributed by atoms with E-state index >= 15 is 0 Å². The van der Waals surface area contributed by atoms with Crippen molar-refractivity contribution < 1.29 is 39.6 Å². The van der Waals surface area contributed by atoms with E-state index in [0.29, 0.717) is 26.2 Å². The Morgan fingerprint density at radius 3 is 1.28 bits per heavy atom.